The van der Waals surface area contributed by atoms with E-state index < -0.39 is 10.9 Å². The van der Waals surface area contributed by atoms with E-state index in [0.717, 1.165) is 15.5 Å². The number of nitro benzene ring substituents is 1. The van der Waals surface area contributed by atoms with E-state index in [2.05, 4.69) is 5.32 Å². The third-order valence-electron chi connectivity index (χ3n) is 4.70. The highest BCUT2D eigenvalue weighted by atomic mass is 32.2. The van der Waals surface area contributed by atoms with E-state index >= 15 is 0 Å². The number of anilines is 3. The van der Waals surface area contributed by atoms with Gasteiger partial charge in [-0.3, -0.25) is 10.1 Å². The summed E-state index contributed by atoms with van der Waals surface area (Å²) < 4.78 is 5.33. The molecule has 3 aromatic carbocycles. The number of para-hydroxylation sites is 1. The molecule has 3 aromatic rings. The first-order valence-electron chi connectivity index (χ1n) is 8.96. The number of benzene rings is 3. The zero-order valence-corrected chi connectivity index (χ0v) is 16.7. The van der Waals surface area contributed by atoms with Crippen molar-refractivity contribution in [3.05, 3.63) is 76.3 Å². The number of nitro groups is 1. The van der Waals surface area contributed by atoms with Crippen LogP contribution >= 0.6 is 11.8 Å². The van der Waals surface area contributed by atoms with Crippen molar-refractivity contribution >= 4 is 40.5 Å². The fraction of sp³-hybridized carbons (Fsp3) is 0.0952. The molecule has 0 bridgehead atoms. The van der Waals surface area contributed by atoms with Gasteiger partial charge >= 0.3 is 5.97 Å². The first-order chi connectivity index (χ1) is 14.5. The van der Waals surface area contributed by atoms with Gasteiger partial charge in [-0.15, -0.1) is 0 Å². The van der Waals surface area contributed by atoms with E-state index in [1.165, 1.54) is 23.9 Å². The molecule has 0 unspecified atom stereocenters. The van der Waals surface area contributed by atoms with Gasteiger partial charge in [-0.2, -0.15) is 0 Å². The number of fused-ring (bicyclic) bond motifs is 2. The van der Waals surface area contributed by atoms with Gasteiger partial charge in [0.1, 0.15) is 5.75 Å². The third kappa shape index (κ3) is 3.62. The van der Waals surface area contributed by atoms with E-state index in [0.29, 0.717) is 17.1 Å². The Hall–Kier alpha value is -3.72. The second kappa shape index (κ2) is 7.96. The molecule has 1 aliphatic heterocycles. The predicted octanol–water partition coefficient (Wildman–Crippen LogP) is 4.97. The van der Waals surface area contributed by atoms with Crippen molar-refractivity contribution in [1.82, 2.24) is 0 Å². The maximum absolute atomic E-state index is 11.9. The van der Waals surface area contributed by atoms with E-state index in [1.807, 2.05) is 29.2 Å². The van der Waals surface area contributed by atoms with Gasteiger partial charge in [0.2, 0.25) is 0 Å². The first kappa shape index (κ1) is 19.6. The minimum Gasteiger partial charge on any atom is -0.497 e. The van der Waals surface area contributed by atoms with Crippen LogP contribution in [-0.2, 0) is 0 Å². The van der Waals surface area contributed by atoms with Crippen molar-refractivity contribution in [2.24, 2.45) is 0 Å². The van der Waals surface area contributed by atoms with Crippen LogP contribution in [0.3, 0.4) is 0 Å². The average molecular weight is 423 g/mol. The van der Waals surface area contributed by atoms with Crippen molar-refractivity contribution < 1.29 is 19.6 Å². The number of hydrogen-bond donors (Lipinski definition) is 2. The highest BCUT2D eigenvalue weighted by molar-refractivity contribution is 7.99. The van der Waals surface area contributed by atoms with E-state index in [1.54, 1.807) is 31.4 Å². The zero-order chi connectivity index (χ0) is 21.3. The highest BCUT2D eigenvalue weighted by Gasteiger charge is 2.28. The molecule has 0 amide bonds. The molecule has 0 saturated carbocycles. The Kier molecular flexibility index (Phi) is 5.20. The standard InChI is InChI=1S/C21H17N3O5S/c1-29-15-9-10-17-19(11-15)30-18-4-2-3-16(21(25)26)20(18)23(17)12-22-13-5-7-14(8-6-13)24(27)28/h2-11,22H,12H2,1H3,(H,25,26). The number of rotatable bonds is 6. The number of methoxy groups -OCH3 is 1. The molecule has 152 valence electrons. The number of aromatic carboxylic acids is 1. The minimum atomic E-state index is -1.01. The van der Waals surface area contributed by atoms with Crippen LogP contribution in [0, 0.1) is 10.1 Å². The van der Waals surface area contributed by atoms with E-state index in [-0.39, 0.29) is 17.9 Å². The van der Waals surface area contributed by atoms with Gasteiger partial charge in [0.25, 0.3) is 5.69 Å². The lowest BCUT2D eigenvalue weighted by atomic mass is 10.1. The fourth-order valence-electron chi connectivity index (χ4n) is 3.26. The van der Waals surface area contributed by atoms with Crippen LogP contribution < -0.4 is 15.0 Å². The van der Waals surface area contributed by atoms with Crippen LogP contribution in [-0.4, -0.2) is 29.8 Å². The molecule has 8 nitrogen and oxygen atoms in total. The molecule has 0 aromatic heterocycles. The van der Waals surface area contributed by atoms with Crippen molar-refractivity contribution in [3.8, 4) is 5.75 Å². The van der Waals surface area contributed by atoms with Gasteiger partial charge in [0.15, 0.2) is 0 Å². The smallest absolute Gasteiger partial charge is 0.337 e. The molecule has 0 aliphatic carbocycles. The second-order valence-electron chi connectivity index (χ2n) is 6.46. The molecule has 0 spiro atoms. The predicted molar refractivity (Wildman–Crippen MR) is 114 cm³/mol. The number of nitrogens with one attached hydrogen (secondary N) is 1. The summed E-state index contributed by atoms with van der Waals surface area (Å²) in [5.41, 5.74) is 2.33. The van der Waals surface area contributed by atoms with Gasteiger partial charge < -0.3 is 20.1 Å². The highest BCUT2D eigenvalue weighted by Crippen LogP contribution is 2.50. The molecular weight excluding hydrogens is 406 g/mol. The van der Waals surface area contributed by atoms with Crippen LogP contribution in [0.5, 0.6) is 5.75 Å². The van der Waals surface area contributed by atoms with Gasteiger partial charge in [-0.05, 0) is 42.5 Å². The lowest BCUT2D eigenvalue weighted by Crippen LogP contribution is -2.28. The number of ether oxygens (including phenoxy) is 1. The lowest BCUT2D eigenvalue weighted by Gasteiger charge is -2.34. The van der Waals surface area contributed by atoms with Crippen LogP contribution in [0.1, 0.15) is 10.4 Å². The Labute approximate surface area is 176 Å². The van der Waals surface area contributed by atoms with E-state index in [9.17, 15) is 20.0 Å². The number of carbonyl (C=O) groups is 1. The summed E-state index contributed by atoms with van der Waals surface area (Å²) in [5.74, 6) is -0.299. The Balaban J connectivity index is 1.72. The molecule has 30 heavy (non-hydrogen) atoms. The molecule has 9 heteroatoms. The summed E-state index contributed by atoms with van der Waals surface area (Å²) in [4.78, 5) is 25.9. The SMILES string of the molecule is COc1ccc2c(c1)Sc1cccc(C(=O)O)c1N2CNc1ccc([N+](=O)[O-])cc1. The Bertz CT molecular complexity index is 1130. The molecule has 0 radical (unpaired) electrons. The van der Waals surface area contributed by atoms with Crippen molar-refractivity contribution in [1.29, 1.82) is 0 Å². The normalized spacial score (nSPS) is 12.0. The fourth-order valence-corrected chi connectivity index (χ4v) is 4.41. The summed E-state index contributed by atoms with van der Waals surface area (Å²) in [6.07, 6.45) is 0. The first-order valence-corrected chi connectivity index (χ1v) is 9.77. The van der Waals surface area contributed by atoms with Crippen LogP contribution in [0.2, 0.25) is 0 Å². The Morgan fingerprint density at radius 1 is 1.17 bits per heavy atom. The molecule has 1 heterocycles. The van der Waals surface area contributed by atoms with Crippen LogP contribution in [0.25, 0.3) is 0 Å². The van der Waals surface area contributed by atoms with Crippen LogP contribution in [0.4, 0.5) is 22.7 Å². The Morgan fingerprint density at radius 3 is 2.60 bits per heavy atom. The third-order valence-corrected chi connectivity index (χ3v) is 5.79. The topological polar surface area (TPSA) is 105 Å². The summed E-state index contributed by atoms with van der Waals surface area (Å²) >= 11 is 1.49. The molecule has 2 N–H and O–H groups in total. The van der Waals surface area contributed by atoms with Gasteiger partial charge in [0, 0.05) is 27.6 Å². The molecule has 0 saturated heterocycles. The number of hydrogen-bond acceptors (Lipinski definition) is 7. The maximum Gasteiger partial charge on any atom is 0.337 e. The quantitative estimate of drug-likeness (QED) is 0.423. The van der Waals surface area contributed by atoms with Crippen molar-refractivity contribution in [2.45, 2.75) is 9.79 Å². The summed E-state index contributed by atoms with van der Waals surface area (Å²) in [7, 11) is 1.60. The van der Waals surface area contributed by atoms with Gasteiger partial charge in [0.05, 0.1) is 35.6 Å². The summed E-state index contributed by atoms with van der Waals surface area (Å²) in [5, 5.41) is 23.8. The molecule has 4 rings (SSSR count). The van der Waals surface area contributed by atoms with Crippen LogP contribution in [0.15, 0.2) is 70.5 Å². The summed E-state index contributed by atoms with van der Waals surface area (Å²) in [6, 6.07) is 16.9. The molecule has 0 atom stereocenters. The number of carboxylic acids is 1. The Morgan fingerprint density at radius 2 is 1.93 bits per heavy atom. The van der Waals surface area contributed by atoms with Crippen molar-refractivity contribution in [2.75, 3.05) is 24.0 Å². The zero-order valence-electron chi connectivity index (χ0n) is 15.9. The molecule has 1 aliphatic rings. The van der Waals surface area contributed by atoms with E-state index in [4.69, 9.17) is 4.74 Å². The minimum absolute atomic E-state index is 0.00544. The van der Waals surface area contributed by atoms with Gasteiger partial charge in [-0.1, -0.05) is 17.8 Å². The summed E-state index contributed by atoms with van der Waals surface area (Å²) in [6.45, 7) is 0.273. The molecule has 0 fully saturated rings. The monoisotopic (exact) mass is 423 g/mol. The average Bonchev–Trinajstić information content (AvgIpc) is 2.75. The molecular formula is C21H17N3O5S. The van der Waals surface area contributed by atoms with Crippen molar-refractivity contribution in [3.63, 3.8) is 0 Å². The largest absolute Gasteiger partial charge is 0.497 e. The van der Waals surface area contributed by atoms with Gasteiger partial charge in [-0.25, -0.2) is 4.79 Å². The number of non-ortho nitro benzene ring substituents is 1. The maximum atomic E-state index is 11.9. The second-order valence-corrected chi connectivity index (χ2v) is 7.54. The number of carboxylic acid groups (broad SMARTS) is 1. The number of nitrogens with zero attached hydrogens (tertiary/aromatic N) is 2. The lowest BCUT2D eigenvalue weighted by molar-refractivity contribution is -0.384.